The molecule has 0 aromatic carbocycles. The largest absolute Gasteiger partial charge is 0.365 e. The predicted octanol–water partition coefficient (Wildman–Crippen LogP) is 2.47. The van der Waals surface area contributed by atoms with E-state index in [1.807, 2.05) is 0 Å². The van der Waals surface area contributed by atoms with E-state index in [4.69, 9.17) is 0 Å². The van der Waals surface area contributed by atoms with E-state index in [-0.39, 0.29) is 17.9 Å². The van der Waals surface area contributed by atoms with Crippen molar-refractivity contribution < 1.29 is 9.50 Å². The molecule has 1 unspecified atom stereocenters. The van der Waals surface area contributed by atoms with Crippen LogP contribution >= 0.6 is 0 Å². The first kappa shape index (κ1) is 21.2. The molecule has 0 bridgehead atoms. The summed E-state index contributed by atoms with van der Waals surface area (Å²) in [4.78, 5) is 0. The van der Waals surface area contributed by atoms with Gasteiger partial charge in [0, 0.05) is 12.1 Å². The predicted molar refractivity (Wildman–Crippen MR) is 115 cm³/mol. The number of halogens is 1. The standard InChI is InChI=1S/C23H37FN4O/c1-15-2-7-20(24)22(12-15)28-23(29)27-19-5-3-16(4-6-19)17-9-11-26-21(13-17)18-8-10-25-14-18/h3,7,13,15,18-19,21-23,25-29H,2,4-6,8-12,14H2,1H3/t15-,18+,19+,21?,22-,23+/m1/s1. The van der Waals surface area contributed by atoms with E-state index < -0.39 is 6.35 Å². The van der Waals surface area contributed by atoms with E-state index in [0.717, 1.165) is 58.2 Å². The van der Waals surface area contributed by atoms with Crippen LogP contribution in [-0.4, -0.2) is 49.2 Å². The van der Waals surface area contributed by atoms with E-state index in [9.17, 15) is 9.50 Å². The van der Waals surface area contributed by atoms with Crippen LogP contribution in [0.25, 0.3) is 0 Å². The Bertz CT molecular complexity index is 655. The van der Waals surface area contributed by atoms with Crippen molar-refractivity contribution in [3.05, 3.63) is 35.2 Å². The van der Waals surface area contributed by atoms with Gasteiger partial charge in [-0.2, -0.15) is 0 Å². The molecule has 4 aliphatic rings. The molecule has 4 rings (SSSR count). The Morgan fingerprint density at radius 2 is 2.00 bits per heavy atom. The SMILES string of the molecule is C[C@@H]1CC=C(F)[C@H](N[C@@H](O)N[C@H]2CC=C(C3=CC([C@H]4CCNC4)NCC3)CC2)C1. The fraction of sp³-hybridized carbons (Fsp3) is 0.739. The maximum atomic E-state index is 14.0. The monoisotopic (exact) mass is 404 g/mol. The summed E-state index contributed by atoms with van der Waals surface area (Å²) in [5, 5.41) is 23.8. The van der Waals surface area contributed by atoms with Crippen molar-refractivity contribution in [2.24, 2.45) is 11.8 Å². The molecule has 5 N–H and O–H groups in total. The van der Waals surface area contributed by atoms with Crippen LogP contribution in [0.1, 0.15) is 51.9 Å². The first-order chi connectivity index (χ1) is 14.1. The maximum Gasteiger partial charge on any atom is 0.161 e. The highest BCUT2D eigenvalue weighted by molar-refractivity contribution is 5.35. The normalized spacial score (nSPS) is 36.9. The van der Waals surface area contributed by atoms with Gasteiger partial charge in [-0.15, -0.1) is 0 Å². The van der Waals surface area contributed by atoms with Crippen molar-refractivity contribution in [3.8, 4) is 0 Å². The molecule has 1 saturated heterocycles. The van der Waals surface area contributed by atoms with Crippen LogP contribution < -0.4 is 21.3 Å². The van der Waals surface area contributed by atoms with Crippen LogP contribution in [0.15, 0.2) is 35.2 Å². The second-order valence-electron chi connectivity index (χ2n) is 9.33. The van der Waals surface area contributed by atoms with E-state index in [1.165, 1.54) is 17.6 Å². The van der Waals surface area contributed by atoms with Crippen LogP contribution in [0, 0.1) is 11.8 Å². The van der Waals surface area contributed by atoms with Gasteiger partial charge in [-0.1, -0.05) is 25.2 Å². The second-order valence-corrected chi connectivity index (χ2v) is 9.33. The molecule has 0 aromatic heterocycles. The van der Waals surface area contributed by atoms with Gasteiger partial charge in [-0.05, 0) is 87.6 Å². The Hall–Kier alpha value is -1.05. The molecule has 0 aromatic rings. The summed E-state index contributed by atoms with van der Waals surface area (Å²) >= 11 is 0. The van der Waals surface area contributed by atoms with Gasteiger partial charge >= 0.3 is 0 Å². The van der Waals surface area contributed by atoms with Crippen LogP contribution in [0.4, 0.5) is 4.39 Å². The topological polar surface area (TPSA) is 68.3 Å². The van der Waals surface area contributed by atoms with Crippen LogP contribution in [0.2, 0.25) is 0 Å². The molecule has 5 nitrogen and oxygen atoms in total. The second kappa shape index (κ2) is 9.84. The average Bonchev–Trinajstić information content (AvgIpc) is 3.26. The number of hydrogen-bond acceptors (Lipinski definition) is 5. The van der Waals surface area contributed by atoms with E-state index in [2.05, 4.69) is 40.3 Å². The third kappa shape index (κ3) is 5.56. The molecule has 29 heavy (non-hydrogen) atoms. The molecular weight excluding hydrogens is 367 g/mol. The molecule has 2 aliphatic carbocycles. The third-order valence-electron chi connectivity index (χ3n) is 7.02. The van der Waals surface area contributed by atoms with Gasteiger partial charge in [0.15, 0.2) is 6.35 Å². The van der Waals surface area contributed by atoms with Gasteiger partial charge < -0.3 is 15.7 Å². The van der Waals surface area contributed by atoms with Crippen molar-refractivity contribution in [1.29, 1.82) is 0 Å². The number of aliphatic hydroxyl groups excluding tert-OH is 1. The zero-order valence-corrected chi connectivity index (χ0v) is 17.6. The lowest BCUT2D eigenvalue weighted by molar-refractivity contribution is 0.0703. The minimum Gasteiger partial charge on any atom is -0.365 e. The molecule has 2 aliphatic heterocycles. The summed E-state index contributed by atoms with van der Waals surface area (Å²) < 4.78 is 14.0. The van der Waals surface area contributed by atoms with Gasteiger partial charge in [0.25, 0.3) is 0 Å². The molecule has 0 radical (unpaired) electrons. The molecular formula is C23H37FN4O. The fourth-order valence-electron chi connectivity index (χ4n) is 5.24. The Morgan fingerprint density at radius 1 is 1.10 bits per heavy atom. The highest BCUT2D eigenvalue weighted by atomic mass is 19.1. The molecule has 0 saturated carbocycles. The lowest BCUT2D eigenvalue weighted by atomic mass is 9.85. The number of nitrogens with one attached hydrogen (secondary N) is 4. The van der Waals surface area contributed by atoms with Crippen LogP contribution in [0.5, 0.6) is 0 Å². The number of rotatable bonds is 6. The van der Waals surface area contributed by atoms with Crippen LogP contribution in [-0.2, 0) is 0 Å². The van der Waals surface area contributed by atoms with Crippen molar-refractivity contribution >= 4 is 0 Å². The Labute approximate surface area is 174 Å². The Morgan fingerprint density at radius 3 is 2.76 bits per heavy atom. The molecule has 6 heteroatoms. The first-order valence-electron chi connectivity index (χ1n) is 11.5. The van der Waals surface area contributed by atoms with Crippen molar-refractivity contribution in [2.75, 3.05) is 19.6 Å². The molecule has 0 amide bonds. The Balaban J connectivity index is 1.28. The Kier molecular flexibility index (Phi) is 7.19. The van der Waals surface area contributed by atoms with Gasteiger partial charge in [-0.25, -0.2) is 4.39 Å². The number of aliphatic hydroxyl groups is 1. The van der Waals surface area contributed by atoms with E-state index in [0.29, 0.717) is 17.9 Å². The lowest BCUT2D eigenvalue weighted by Crippen LogP contribution is -2.52. The number of allylic oxidation sites excluding steroid dienone is 2. The third-order valence-corrected chi connectivity index (χ3v) is 7.02. The van der Waals surface area contributed by atoms with Gasteiger partial charge in [0.05, 0.1) is 6.04 Å². The molecule has 6 atom stereocenters. The minimum absolute atomic E-state index is 0.139. The highest BCUT2D eigenvalue weighted by Crippen LogP contribution is 2.30. The minimum atomic E-state index is -0.873. The van der Waals surface area contributed by atoms with Crippen molar-refractivity contribution in [2.45, 2.75) is 76.3 Å². The smallest absolute Gasteiger partial charge is 0.161 e. The summed E-state index contributed by atoms with van der Waals surface area (Å²) in [7, 11) is 0. The van der Waals surface area contributed by atoms with Crippen molar-refractivity contribution in [1.82, 2.24) is 21.3 Å². The molecule has 2 heterocycles. The number of hydrogen-bond donors (Lipinski definition) is 5. The molecule has 162 valence electrons. The average molecular weight is 405 g/mol. The summed E-state index contributed by atoms with van der Waals surface area (Å²) in [6, 6.07) is 0.349. The van der Waals surface area contributed by atoms with Gasteiger partial charge in [-0.3, -0.25) is 10.6 Å². The first-order valence-corrected chi connectivity index (χ1v) is 11.5. The van der Waals surface area contributed by atoms with Gasteiger partial charge in [0.2, 0.25) is 0 Å². The zero-order valence-electron chi connectivity index (χ0n) is 17.6. The maximum absolute atomic E-state index is 14.0. The molecule has 0 spiro atoms. The zero-order chi connectivity index (χ0) is 20.2. The van der Waals surface area contributed by atoms with E-state index in [1.54, 1.807) is 6.08 Å². The van der Waals surface area contributed by atoms with E-state index >= 15 is 0 Å². The lowest BCUT2D eigenvalue weighted by Gasteiger charge is -2.32. The van der Waals surface area contributed by atoms with Crippen LogP contribution in [0.3, 0.4) is 0 Å². The van der Waals surface area contributed by atoms with Crippen molar-refractivity contribution in [3.63, 3.8) is 0 Å². The summed E-state index contributed by atoms with van der Waals surface area (Å²) in [5.41, 5.74) is 3.00. The summed E-state index contributed by atoms with van der Waals surface area (Å²) in [5.74, 6) is 1.02. The van der Waals surface area contributed by atoms with Gasteiger partial charge in [0.1, 0.15) is 5.83 Å². The summed E-state index contributed by atoms with van der Waals surface area (Å²) in [6.45, 7) is 5.44. The summed E-state index contributed by atoms with van der Waals surface area (Å²) in [6.07, 6.45) is 12.4. The molecule has 1 fully saturated rings. The highest BCUT2D eigenvalue weighted by Gasteiger charge is 2.28. The quantitative estimate of drug-likeness (QED) is 0.440. The fourth-order valence-corrected chi connectivity index (χ4v) is 5.24.